The minimum absolute atomic E-state index is 0.216. The van der Waals surface area contributed by atoms with Crippen LogP contribution < -0.4 is 0 Å². The number of esters is 1. The van der Waals surface area contributed by atoms with Crippen LogP contribution in [-0.4, -0.2) is 18.4 Å². The fraction of sp³-hybridized carbons (Fsp3) is 0.167. The van der Waals surface area contributed by atoms with E-state index < -0.39 is 11.8 Å². The molecule has 0 fully saturated rings. The van der Waals surface area contributed by atoms with Crippen molar-refractivity contribution in [2.45, 2.75) is 6.92 Å². The summed E-state index contributed by atoms with van der Waals surface area (Å²) in [5.41, 5.74) is 0. The van der Waals surface area contributed by atoms with E-state index in [1.54, 1.807) is 24.3 Å². The molecule has 0 radical (unpaired) electrons. The highest BCUT2D eigenvalue weighted by atomic mass is 32.1. The second-order valence-electron chi connectivity index (χ2n) is 3.19. The number of ether oxygens (including phenoxy) is 1. The van der Waals surface area contributed by atoms with Crippen LogP contribution in [0.15, 0.2) is 29.6 Å². The van der Waals surface area contributed by atoms with Gasteiger partial charge in [-0.2, -0.15) is 0 Å². The molecule has 0 saturated heterocycles. The van der Waals surface area contributed by atoms with Crippen LogP contribution in [0.4, 0.5) is 0 Å². The number of ketones is 1. The third-order valence-electron chi connectivity index (χ3n) is 2.05. The van der Waals surface area contributed by atoms with Crippen LogP contribution in [0.3, 0.4) is 0 Å². The van der Waals surface area contributed by atoms with Gasteiger partial charge in [0, 0.05) is 9.75 Å². The molecule has 2 aromatic rings. The van der Waals surface area contributed by atoms with E-state index in [0.717, 1.165) is 9.75 Å². The fourth-order valence-corrected chi connectivity index (χ4v) is 3.08. The van der Waals surface area contributed by atoms with Gasteiger partial charge in [-0.25, -0.2) is 4.79 Å². The molecule has 0 bridgehead atoms. The van der Waals surface area contributed by atoms with Crippen LogP contribution in [0.2, 0.25) is 0 Å². The Morgan fingerprint density at radius 3 is 2.71 bits per heavy atom. The van der Waals surface area contributed by atoms with Crippen molar-refractivity contribution < 1.29 is 14.3 Å². The first-order valence-electron chi connectivity index (χ1n) is 5.07. The van der Waals surface area contributed by atoms with Crippen LogP contribution in [0, 0.1) is 0 Å². The molecule has 0 saturated carbocycles. The first-order valence-corrected chi connectivity index (χ1v) is 6.77. The van der Waals surface area contributed by atoms with Gasteiger partial charge >= 0.3 is 5.97 Å². The van der Waals surface area contributed by atoms with Gasteiger partial charge in [-0.15, -0.1) is 22.7 Å². The van der Waals surface area contributed by atoms with Gasteiger partial charge < -0.3 is 4.74 Å². The van der Waals surface area contributed by atoms with E-state index in [1.165, 1.54) is 11.3 Å². The molecule has 2 aromatic heterocycles. The number of carbonyl (C=O) groups excluding carboxylic acids is 2. The second-order valence-corrected chi connectivity index (χ2v) is 5.22. The zero-order valence-electron chi connectivity index (χ0n) is 9.14. The summed E-state index contributed by atoms with van der Waals surface area (Å²) in [6.07, 6.45) is 0. The summed E-state index contributed by atoms with van der Waals surface area (Å²) in [7, 11) is 0. The van der Waals surface area contributed by atoms with E-state index in [1.807, 2.05) is 23.6 Å². The molecular formula is C12H10O3S2. The lowest BCUT2D eigenvalue weighted by Crippen LogP contribution is -2.16. The van der Waals surface area contributed by atoms with Gasteiger partial charge in [0.05, 0.1) is 11.5 Å². The number of hydrogen-bond donors (Lipinski definition) is 0. The van der Waals surface area contributed by atoms with E-state index in [4.69, 9.17) is 0 Å². The molecule has 0 aliphatic carbocycles. The van der Waals surface area contributed by atoms with E-state index >= 15 is 0 Å². The normalized spacial score (nSPS) is 10.2. The lowest BCUT2D eigenvalue weighted by Gasteiger charge is -1.97. The molecule has 88 valence electrons. The summed E-state index contributed by atoms with van der Waals surface area (Å²) >= 11 is 2.92. The summed E-state index contributed by atoms with van der Waals surface area (Å²) in [5.74, 6) is -1.35. The van der Waals surface area contributed by atoms with E-state index in [2.05, 4.69) is 4.74 Å². The largest absolute Gasteiger partial charge is 0.460 e. The van der Waals surface area contributed by atoms with Crippen molar-refractivity contribution in [1.82, 2.24) is 0 Å². The highest BCUT2D eigenvalue weighted by Crippen LogP contribution is 2.31. The summed E-state index contributed by atoms with van der Waals surface area (Å²) in [6, 6.07) is 7.45. The average Bonchev–Trinajstić information content (AvgIpc) is 2.98. The Hall–Kier alpha value is -1.46. The number of thiophene rings is 2. The first-order chi connectivity index (χ1) is 8.22. The molecule has 0 unspecified atom stereocenters. The molecule has 2 heterocycles. The number of hydrogen-bond acceptors (Lipinski definition) is 5. The van der Waals surface area contributed by atoms with Gasteiger partial charge in [0.15, 0.2) is 0 Å². The van der Waals surface area contributed by atoms with Gasteiger partial charge in [-0.1, -0.05) is 6.07 Å². The molecule has 2 rings (SSSR count). The molecule has 0 atom stereocenters. The molecule has 0 aliphatic heterocycles. The molecule has 5 heteroatoms. The molecule has 0 amide bonds. The average molecular weight is 266 g/mol. The lowest BCUT2D eigenvalue weighted by molar-refractivity contribution is -0.137. The van der Waals surface area contributed by atoms with Gasteiger partial charge in [0.2, 0.25) is 0 Å². The fourth-order valence-electron chi connectivity index (χ4n) is 1.31. The summed E-state index contributed by atoms with van der Waals surface area (Å²) < 4.78 is 4.68. The molecule has 0 aliphatic rings. The third-order valence-corrected chi connectivity index (χ3v) is 4.20. The number of rotatable bonds is 4. The Morgan fingerprint density at radius 1 is 1.24 bits per heavy atom. The highest BCUT2D eigenvalue weighted by Gasteiger charge is 2.19. The topological polar surface area (TPSA) is 43.4 Å². The molecule has 0 spiro atoms. The van der Waals surface area contributed by atoms with E-state index in [-0.39, 0.29) is 6.61 Å². The molecule has 0 N–H and O–H groups in total. The summed E-state index contributed by atoms with van der Waals surface area (Å²) in [4.78, 5) is 25.4. The molecule has 17 heavy (non-hydrogen) atoms. The zero-order chi connectivity index (χ0) is 12.3. The van der Waals surface area contributed by atoms with E-state index in [0.29, 0.717) is 4.88 Å². The van der Waals surface area contributed by atoms with Crippen molar-refractivity contribution >= 4 is 34.4 Å². The Bertz CT molecular complexity index is 526. The number of Topliss-reactive ketones (excluding diaryl/α,β-unsaturated/α-hetero) is 1. The smallest absolute Gasteiger partial charge is 0.380 e. The van der Waals surface area contributed by atoms with Crippen LogP contribution in [0.25, 0.3) is 9.75 Å². The summed E-state index contributed by atoms with van der Waals surface area (Å²) in [5, 5.41) is 1.97. The number of carbonyl (C=O) groups is 2. The van der Waals surface area contributed by atoms with Crippen LogP contribution in [-0.2, 0) is 9.53 Å². The predicted molar refractivity (Wildman–Crippen MR) is 68.6 cm³/mol. The maximum atomic E-state index is 11.7. The Morgan fingerprint density at radius 2 is 2.06 bits per heavy atom. The SMILES string of the molecule is CCOC(=O)C(=O)c1ccc(-c2cccs2)s1. The molecular weight excluding hydrogens is 256 g/mol. The van der Waals surface area contributed by atoms with Crippen molar-refractivity contribution in [2.24, 2.45) is 0 Å². The molecule has 3 nitrogen and oxygen atoms in total. The quantitative estimate of drug-likeness (QED) is 0.485. The van der Waals surface area contributed by atoms with Crippen molar-refractivity contribution in [3.05, 3.63) is 34.5 Å². The van der Waals surface area contributed by atoms with Gasteiger partial charge in [-0.05, 0) is 30.5 Å². The summed E-state index contributed by atoms with van der Waals surface area (Å²) in [6.45, 7) is 1.89. The van der Waals surface area contributed by atoms with Gasteiger partial charge in [0.25, 0.3) is 5.78 Å². The van der Waals surface area contributed by atoms with Crippen molar-refractivity contribution in [1.29, 1.82) is 0 Å². The highest BCUT2D eigenvalue weighted by molar-refractivity contribution is 7.22. The maximum absolute atomic E-state index is 11.7. The minimum atomic E-state index is -0.785. The van der Waals surface area contributed by atoms with Crippen LogP contribution in [0.5, 0.6) is 0 Å². The monoisotopic (exact) mass is 266 g/mol. The minimum Gasteiger partial charge on any atom is -0.460 e. The van der Waals surface area contributed by atoms with Crippen molar-refractivity contribution in [2.75, 3.05) is 6.61 Å². The Kier molecular flexibility index (Phi) is 3.71. The van der Waals surface area contributed by atoms with Gasteiger partial charge in [0.1, 0.15) is 0 Å². The van der Waals surface area contributed by atoms with Crippen molar-refractivity contribution in [3.63, 3.8) is 0 Å². The Labute approximate surface area is 107 Å². The predicted octanol–water partition coefficient (Wildman–Crippen LogP) is 3.22. The van der Waals surface area contributed by atoms with Crippen molar-refractivity contribution in [3.8, 4) is 9.75 Å². The Balaban J connectivity index is 2.19. The third kappa shape index (κ3) is 2.62. The maximum Gasteiger partial charge on any atom is 0.380 e. The lowest BCUT2D eigenvalue weighted by atomic mass is 10.3. The molecule has 0 aromatic carbocycles. The zero-order valence-corrected chi connectivity index (χ0v) is 10.8. The van der Waals surface area contributed by atoms with Crippen LogP contribution in [0.1, 0.15) is 16.6 Å². The van der Waals surface area contributed by atoms with E-state index in [9.17, 15) is 9.59 Å². The van der Waals surface area contributed by atoms with Gasteiger partial charge in [-0.3, -0.25) is 4.79 Å². The standard InChI is InChI=1S/C12H10O3S2/c1-2-15-12(14)11(13)10-6-5-9(17-10)8-4-3-7-16-8/h3-7H,2H2,1H3. The second kappa shape index (κ2) is 5.25. The van der Waals surface area contributed by atoms with Crippen LogP contribution >= 0.6 is 22.7 Å². The first kappa shape index (κ1) is 12.0.